The third-order valence-electron chi connectivity index (χ3n) is 5.30. The highest BCUT2D eigenvalue weighted by Gasteiger charge is 2.33. The number of pyridine rings is 1. The van der Waals surface area contributed by atoms with E-state index in [9.17, 15) is 9.59 Å². The first-order chi connectivity index (χ1) is 12.0. The van der Waals surface area contributed by atoms with Gasteiger partial charge in [-0.05, 0) is 50.3 Å². The van der Waals surface area contributed by atoms with Crippen molar-refractivity contribution in [3.8, 4) is 0 Å². The number of likely N-dealkylation sites (tertiary alicyclic amines) is 1. The average Bonchev–Trinajstić information content (AvgIpc) is 3.15. The van der Waals surface area contributed by atoms with Crippen molar-refractivity contribution < 1.29 is 9.59 Å². The zero-order valence-corrected chi connectivity index (χ0v) is 15.2. The number of rotatable bonds is 4. The van der Waals surface area contributed by atoms with Gasteiger partial charge in [0.15, 0.2) is 0 Å². The van der Waals surface area contributed by atoms with E-state index in [1.807, 2.05) is 31.0 Å². The summed E-state index contributed by atoms with van der Waals surface area (Å²) in [6.45, 7) is 7.53. The Bertz CT molecular complexity index is 640. The first-order valence-corrected chi connectivity index (χ1v) is 9.24. The summed E-state index contributed by atoms with van der Waals surface area (Å²) in [7, 11) is 0. The van der Waals surface area contributed by atoms with Gasteiger partial charge in [-0.25, -0.2) is 0 Å². The maximum absolute atomic E-state index is 12.6. The van der Waals surface area contributed by atoms with Gasteiger partial charge >= 0.3 is 0 Å². The highest BCUT2D eigenvalue weighted by atomic mass is 16.2. The first-order valence-electron chi connectivity index (χ1n) is 9.24. The van der Waals surface area contributed by atoms with Gasteiger partial charge in [-0.3, -0.25) is 14.6 Å². The number of nitrogens with one attached hydrogen (secondary N) is 2. The second kappa shape index (κ2) is 7.95. The van der Waals surface area contributed by atoms with E-state index in [0.717, 1.165) is 42.8 Å². The number of carbonyl (C=O) groups excluding carboxylic acids is 2. The molecule has 0 spiro atoms. The highest BCUT2D eigenvalue weighted by molar-refractivity contribution is 5.83. The van der Waals surface area contributed by atoms with Gasteiger partial charge in [-0.2, -0.15) is 0 Å². The van der Waals surface area contributed by atoms with Crippen molar-refractivity contribution in [1.29, 1.82) is 0 Å². The van der Waals surface area contributed by atoms with Gasteiger partial charge in [0.25, 0.3) is 0 Å². The minimum atomic E-state index is -0.149. The van der Waals surface area contributed by atoms with Gasteiger partial charge < -0.3 is 15.5 Å². The minimum Gasteiger partial charge on any atom is -0.352 e. The molecular formula is C19H28N4O2. The van der Waals surface area contributed by atoms with Crippen LogP contribution in [0.1, 0.15) is 36.1 Å². The molecule has 0 saturated carbocycles. The number of hydrogen-bond donors (Lipinski definition) is 2. The average molecular weight is 344 g/mol. The molecule has 3 heterocycles. The zero-order chi connectivity index (χ0) is 17.8. The molecule has 0 aliphatic carbocycles. The predicted octanol–water partition coefficient (Wildman–Crippen LogP) is 1.16. The normalized spacial score (nSPS) is 23.5. The molecule has 0 radical (unpaired) electrons. The van der Waals surface area contributed by atoms with Crippen LogP contribution in [0, 0.1) is 25.7 Å². The van der Waals surface area contributed by atoms with Crippen LogP contribution in [0.25, 0.3) is 0 Å². The maximum Gasteiger partial charge on any atom is 0.226 e. The minimum absolute atomic E-state index is 0.0198. The smallest absolute Gasteiger partial charge is 0.226 e. The molecule has 2 fully saturated rings. The lowest BCUT2D eigenvalue weighted by atomic mass is 9.89. The molecule has 2 aliphatic heterocycles. The van der Waals surface area contributed by atoms with Crippen LogP contribution < -0.4 is 10.6 Å². The number of aromatic nitrogens is 1. The fourth-order valence-corrected chi connectivity index (χ4v) is 3.76. The SMILES string of the molecule is Cc1cc(C)c(CNC(=O)[C@@H]2CNC[C@H](C(=O)N3CCCC3)C2)cn1. The Hall–Kier alpha value is -1.95. The van der Waals surface area contributed by atoms with Crippen LogP contribution in [-0.2, 0) is 16.1 Å². The van der Waals surface area contributed by atoms with Crippen LogP contribution in [0.15, 0.2) is 12.3 Å². The Morgan fingerprint density at radius 1 is 1.24 bits per heavy atom. The van der Waals surface area contributed by atoms with Crippen LogP contribution in [0.2, 0.25) is 0 Å². The second-order valence-electron chi connectivity index (χ2n) is 7.29. The summed E-state index contributed by atoms with van der Waals surface area (Å²) in [6.07, 6.45) is 4.66. The monoisotopic (exact) mass is 344 g/mol. The topological polar surface area (TPSA) is 74.3 Å². The quantitative estimate of drug-likeness (QED) is 0.860. The summed E-state index contributed by atoms with van der Waals surface area (Å²) in [6, 6.07) is 2.02. The van der Waals surface area contributed by atoms with Crippen molar-refractivity contribution in [3.63, 3.8) is 0 Å². The summed E-state index contributed by atoms with van der Waals surface area (Å²) < 4.78 is 0. The highest BCUT2D eigenvalue weighted by Crippen LogP contribution is 2.21. The molecule has 6 heteroatoms. The third-order valence-corrected chi connectivity index (χ3v) is 5.30. The number of amides is 2. The van der Waals surface area contributed by atoms with Crippen molar-refractivity contribution in [2.45, 2.75) is 39.7 Å². The molecule has 1 aromatic heterocycles. The van der Waals surface area contributed by atoms with Crippen LogP contribution in [0.5, 0.6) is 0 Å². The lowest BCUT2D eigenvalue weighted by Crippen LogP contribution is -2.48. The zero-order valence-electron chi connectivity index (χ0n) is 15.2. The second-order valence-corrected chi connectivity index (χ2v) is 7.29. The number of carbonyl (C=O) groups is 2. The first kappa shape index (κ1) is 17.9. The van der Waals surface area contributed by atoms with Gasteiger partial charge in [0.1, 0.15) is 0 Å². The largest absolute Gasteiger partial charge is 0.352 e. The van der Waals surface area contributed by atoms with Crippen molar-refractivity contribution in [1.82, 2.24) is 20.5 Å². The molecule has 0 aromatic carbocycles. The van der Waals surface area contributed by atoms with Gasteiger partial charge in [0, 0.05) is 44.6 Å². The Balaban J connectivity index is 1.53. The Kier molecular flexibility index (Phi) is 5.68. The molecule has 0 unspecified atom stereocenters. The summed E-state index contributed by atoms with van der Waals surface area (Å²) in [4.78, 5) is 31.4. The third kappa shape index (κ3) is 4.37. The van der Waals surface area contributed by atoms with E-state index < -0.39 is 0 Å². The fraction of sp³-hybridized carbons (Fsp3) is 0.632. The Morgan fingerprint density at radius 2 is 1.96 bits per heavy atom. The standard InChI is InChI=1S/C19H28N4O2/c1-13-7-14(2)21-11-17(13)12-22-18(24)15-8-16(10-20-9-15)19(25)23-5-3-4-6-23/h7,11,15-16,20H,3-6,8-10,12H2,1-2H3,(H,22,24)/t15-,16+/m0/s1. The number of nitrogens with zero attached hydrogens (tertiary/aromatic N) is 2. The molecule has 2 N–H and O–H groups in total. The van der Waals surface area contributed by atoms with Gasteiger partial charge in [-0.1, -0.05) is 0 Å². The predicted molar refractivity (Wildman–Crippen MR) is 95.8 cm³/mol. The fourth-order valence-electron chi connectivity index (χ4n) is 3.76. The summed E-state index contributed by atoms with van der Waals surface area (Å²) in [5.41, 5.74) is 3.15. The Labute approximate surface area is 149 Å². The molecular weight excluding hydrogens is 316 g/mol. The maximum atomic E-state index is 12.6. The summed E-state index contributed by atoms with van der Waals surface area (Å²) in [5, 5.41) is 6.28. The molecule has 2 amide bonds. The van der Waals surface area contributed by atoms with Crippen LogP contribution in [0.3, 0.4) is 0 Å². The van der Waals surface area contributed by atoms with Gasteiger partial charge in [0.05, 0.1) is 11.8 Å². The molecule has 2 atom stereocenters. The number of piperidine rings is 1. The molecule has 6 nitrogen and oxygen atoms in total. The van der Waals surface area contributed by atoms with Crippen molar-refractivity contribution >= 4 is 11.8 Å². The van der Waals surface area contributed by atoms with E-state index in [1.54, 1.807) is 0 Å². The van der Waals surface area contributed by atoms with Gasteiger partial charge in [0.2, 0.25) is 11.8 Å². The van der Waals surface area contributed by atoms with Gasteiger partial charge in [-0.15, -0.1) is 0 Å². The van der Waals surface area contributed by atoms with E-state index in [-0.39, 0.29) is 23.7 Å². The van der Waals surface area contributed by atoms with E-state index in [2.05, 4.69) is 15.6 Å². The van der Waals surface area contributed by atoms with Crippen molar-refractivity contribution in [3.05, 3.63) is 29.1 Å². The molecule has 1 aromatic rings. The molecule has 136 valence electrons. The molecule has 2 aliphatic rings. The summed E-state index contributed by atoms with van der Waals surface area (Å²) >= 11 is 0. The van der Waals surface area contributed by atoms with Crippen LogP contribution >= 0.6 is 0 Å². The van der Waals surface area contributed by atoms with E-state index >= 15 is 0 Å². The lowest BCUT2D eigenvalue weighted by molar-refractivity contribution is -0.136. The van der Waals surface area contributed by atoms with E-state index in [0.29, 0.717) is 26.1 Å². The van der Waals surface area contributed by atoms with Crippen molar-refractivity contribution in [2.24, 2.45) is 11.8 Å². The number of aryl methyl sites for hydroxylation is 2. The summed E-state index contributed by atoms with van der Waals surface area (Å²) in [5.74, 6) is 0.00173. The lowest BCUT2D eigenvalue weighted by Gasteiger charge is -2.31. The number of hydrogen-bond acceptors (Lipinski definition) is 4. The van der Waals surface area contributed by atoms with Crippen LogP contribution in [-0.4, -0.2) is 47.9 Å². The van der Waals surface area contributed by atoms with E-state index in [1.165, 1.54) is 0 Å². The van der Waals surface area contributed by atoms with Crippen molar-refractivity contribution in [2.75, 3.05) is 26.2 Å². The Morgan fingerprint density at radius 3 is 2.68 bits per heavy atom. The van der Waals surface area contributed by atoms with E-state index in [4.69, 9.17) is 0 Å². The molecule has 0 bridgehead atoms. The molecule has 2 saturated heterocycles. The molecule has 25 heavy (non-hydrogen) atoms. The molecule has 3 rings (SSSR count). The van der Waals surface area contributed by atoms with Crippen LogP contribution in [0.4, 0.5) is 0 Å².